The van der Waals surface area contributed by atoms with E-state index in [1.54, 1.807) is 11.8 Å². The van der Waals surface area contributed by atoms with E-state index in [9.17, 15) is 9.59 Å². The molecule has 0 aliphatic carbocycles. The Morgan fingerprint density at radius 1 is 1.47 bits per heavy atom. The smallest absolute Gasteiger partial charge is 0.337 e. The molecule has 0 heterocycles. The normalized spacial score (nSPS) is 11.7. The summed E-state index contributed by atoms with van der Waals surface area (Å²) in [6.07, 6.45) is 1.95. The Balaban J connectivity index is 2.73. The molecule has 0 aliphatic rings. The number of benzene rings is 1. The van der Waals surface area contributed by atoms with Gasteiger partial charge in [-0.15, -0.1) is 0 Å². The summed E-state index contributed by atoms with van der Waals surface area (Å²) in [5.74, 6) is -1.12. The van der Waals surface area contributed by atoms with E-state index in [-0.39, 0.29) is 16.5 Å². The van der Waals surface area contributed by atoms with Crippen molar-refractivity contribution in [2.75, 3.05) is 18.1 Å². The maximum atomic E-state index is 11.7. The third kappa shape index (κ3) is 5.00. The Morgan fingerprint density at radius 2 is 2.16 bits per heavy atom. The lowest BCUT2D eigenvalue weighted by molar-refractivity contribution is 0.0698. The number of halogens is 1. The summed E-state index contributed by atoms with van der Waals surface area (Å²) >= 11 is 7.41. The van der Waals surface area contributed by atoms with Gasteiger partial charge in [-0.25, -0.2) is 9.59 Å². The molecule has 0 saturated carbocycles. The van der Waals surface area contributed by atoms with Crippen molar-refractivity contribution < 1.29 is 14.7 Å². The predicted molar refractivity (Wildman–Crippen MR) is 78.4 cm³/mol. The predicted octanol–water partition coefficient (Wildman–Crippen LogP) is 2.91. The number of nitrogens with one attached hydrogen (secondary N) is 2. The van der Waals surface area contributed by atoms with Crippen molar-refractivity contribution in [1.29, 1.82) is 0 Å². The van der Waals surface area contributed by atoms with Gasteiger partial charge in [-0.2, -0.15) is 11.8 Å². The van der Waals surface area contributed by atoms with Crippen molar-refractivity contribution in [2.24, 2.45) is 0 Å². The molecule has 0 aliphatic heterocycles. The molecule has 0 spiro atoms. The van der Waals surface area contributed by atoms with Crippen LogP contribution in [0.5, 0.6) is 0 Å². The van der Waals surface area contributed by atoms with Crippen LogP contribution in [0, 0.1) is 0 Å². The summed E-state index contributed by atoms with van der Waals surface area (Å²) in [6, 6.07) is 3.77. The number of carbonyl (C=O) groups excluding carboxylic acids is 1. The molecular weight excluding hydrogens is 288 g/mol. The average Bonchev–Trinajstić information content (AvgIpc) is 2.35. The number of amides is 2. The number of urea groups is 1. The third-order valence-corrected chi connectivity index (χ3v) is 3.62. The molecule has 2 amide bonds. The summed E-state index contributed by atoms with van der Waals surface area (Å²) in [5.41, 5.74) is 0.173. The standard InChI is InChI=1S/C12H15ClN2O3S/c1-7(19-2)6-14-12(18)15-10-5-8(13)3-4-9(10)11(16)17/h3-5,7H,6H2,1-2H3,(H,16,17)(H2,14,15,18). The summed E-state index contributed by atoms with van der Waals surface area (Å²) < 4.78 is 0. The zero-order valence-corrected chi connectivity index (χ0v) is 12.1. The SMILES string of the molecule is CSC(C)CNC(=O)Nc1cc(Cl)ccc1C(=O)O. The van der Waals surface area contributed by atoms with Crippen LogP contribution in [0.4, 0.5) is 10.5 Å². The van der Waals surface area contributed by atoms with E-state index < -0.39 is 12.0 Å². The molecule has 104 valence electrons. The van der Waals surface area contributed by atoms with Gasteiger partial charge in [0.1, 0.15) is 0 Å². The molecule has 0 bridgehead atoms. The van der Waals surface area contributed by atoms with Crippen molar-refractivity contribution >= 4 is 41.1 Å². The molecule has 1 unspecified atom stereocenters. The van der Waals surface area contributed by atoms with Gasteiger partial charge in [-0.1, -0.05) is 18.5 Å². The van der Waals surface area contributed by atoms with E-state index in [4.69, 9.17) is 16.7 Å². The van der Waals surface area contributed by atoms with Gasteiger partial charge in [0.25, 0.3) is 0 Å². The molecule has 3 N–H and O–H groups in total. The second kappa shape index (κ2) is 7.25. The highest BCUT2D eigenvalue weighted by molar-refractivity contribution is 7.99. The number of hydrogen-bond acceptors (Lipinski definition) is 3. The second-order valence-corrected chi connectivity index (χ2v) is 5.59. The lowest BCUT2D eigenvalue weighted by Gasteiger charge is -2.12. The van der Waals surface area contributed by atoms with E-state index in [1.807, 2.05) is 13.2 Å². The summed E-state index contributed by atoms with van der Waals surface area (Å²) in [4.78, 5) is 22.7. The minimum Gasteiger partial charge on any atom is -0.478 e. The van der Waals surface area contributed by atoms with Gasteiger partial charge in [-0.3, -0.25) is 0 Å². The minimum atomic E-state index is -1.12. The van der Waals surface area contributed by atoms with Crippen molar-refractivity contribution in [2.45, 2.75) is 12.2 Å². The molecule has 0 saturated heterocycles. The fourth-order valence-corrected chi connectivity index (χ4v) is 1.71. The van der Waals surface area contributed by atoms with Gasteiger partial charge in [-0.05, 0) is 24.5 Å². The first-order valence-electron chi connectivity index (χ1n) is 5.54. The van der Waals surface area contributed by atoms with Gasteiger partial charge in [0.05, 0.1) is 11.3 Å². The zero-order chi connectivity index (χ0) is 14.4. The number of thioether (sulfide) groups is 1. The van der Waals surface area contributed by atoms with Crippen LogP contribution in [0.15, 0.2) is 18.2 Å². The van der Waals surface area contributed by atoms with Gasteiger partial charge >= 0.3 is 12.0 Å². The van der Waals surface area contributed by atoms with Crippen molar-refractivity contribution in [3.63, 3.8) is 0 Å². The van der Waals surface area contributed by atoms with Crippen LogP contribution in [-0.2, 0) is 0 Å². The van der Waals surface area contributed by atoms with E-state index in [0.717, 1.165) is 0 Å². The Labute approximate surface area is 120 Å². The van der Waals surface area contributed by atoms with Crippen LogP contribution in [0.1, 0.15) is 17.3 Å². The van der Waals surface area contributed by atoms with Crippen molar-refractivity contribution in [1.82, 2.24) is 5.32 Å². The Morgan fingerprint density at radius 3 is 2.74 bits per heavy atom. The van der Waals surface area contributed by atoms with E-state index >= 15 is 0 Å². The molecule has 0 fully saturated rings. The lowest BCUT2D eigenvalue weighted by Crippen LogP contribution is -2.33. The van der Waals surface area contributed by atoms with Gasteiger partial charge in [0, 0.05) is 16.8 Å². The first-order chi connectivity index (χ1) is 8.93. The van der Waals surface area contributed by atoms with Crippen molar-refractivity contribution in [3.8, 4) is 0 Å². The number of aromatic carboxylic acids is 1. The summed E-state index contributed by atoms with van der Waals surface area (Å²) in [5, 5.41) is 14.8. The fourth-order valence-electron chi connectivity index (χ4n) is 1.29. The lowest BCUT2D eigenvalue weighted by atomic mass is 10.2. The van der Waals surface area contributed by atoms with Crippen LogP contribution < -0.4 is 10.6 Å². The molecule has 7 heteroatoms. The maximum Gasteiger partial charge on any atom is 0.337 e. The van der Waals surface area contributed by atoms with E-state index in [0.29, 0.717) is 11.6 Å². The number of rotatable bonds is 5. The summed E-state index contributed by atoms with van der Waals surface area (Å²) in [7, 11) is 0. The first kappa shape index (κ1) is 15.7. The molecule has 1 atom stereocenters. The van der Waals surface area contributed by atoms with Crippen LogP contribution in [-0.4, -0.2) is 35.2 Å². The fraction of sp³-hybridized carbons (Fsp3) is 0.333. The van der Waals surface area contributed by atoms with Crippen LogP contribution in [0.2, 0.25) is 5.02 Å². The highest BCUT2D eigenvalue weighted by Gasteiger charge is 2.13. The second-order valence-electron chi connectivity index (χ2n) is 3.88. The quantitative estimate of drug-likeness (QED) is 0.781. The molecule has 0 radical (unpaired) electrons. The Bertz CT molecular complexity index is 482. The average molecular weight is 303 g/mol. The molecule has 0 aromatic heterocycles. The van der Waals surface area contributed by atoms with E-state index in [2.05, 4.69) is 10.6 Å². The zero-order valence-electron chi connectivity index (χ0n) is 10.6. The minimum absolute atomic E-state index is 0.00235. The van der Waals surface area contributed by atoms with Gasteiger partial charge in [0.2, 0.25) is 0 Å². The van der Waals surface area contributed by atoms with Crippen LogP contribution in [0.25, 0.3) is 0 Å². The Hall–Kier alpha value is -1.40. The largest absolute Gasteiger partial charge is 0.478 e. The third-order valence-electron chi connectivity index (χ3n) is 2.41. The topological polar surface area (TPSA) is 78.4 Å². The molecule has 5 nitrogen and oxygen atoms in total. The monoisotopic (exact) mass is 302 g/mol. The first-order valence-corrected chi connectivity index (χ1v) is 7.21. The highest BCUT2D eigenvalue weighted by atomic mass is 35.5. The molecule has 1 aromatic carbocycles. The maximum absolute atomic E-state index is 11.7. The highest BCUT2D eigenvalue weighted by Crippen LogP contribution is 2.21. The van der Waals surface area contributed by atoms with Crippen LogP contribution >= 0.6 is 23.4 Å². The molecule has 19 heavy (non-hydrogen) atoms. The number of anilines is 1. The molecular formula is C12H15ClN2O3S. The Kier molecular flexibility index (Phi) is 5.98. The molecule has 1 rings (SSSR count). The van der Waals surface area contributed by atoms with Gasteiger partial charge < -0.3 is 15.7 Å². The number of carboxylic acid groups (broad SMARTS) is 1. The number of carboxylic acids is 1. The van der Waals surface area contributed by atoms with Gasteiger partial charge in [0.15, 0.2) is 0 Å². The van der Waals surface area contributed by atoms with E-state index in [1.165, 1.54) is 18.2 Å². The molecule has 1 aromatic rings. The number of hydrogen-bond donors (Lipinski definition) is 3. The number of carbonyl (C=O) groups is 2. The van der Waals surface area contributed by atoms with Crippen molar-refractivity contribution in [3.05, 3.63) is 28.8 Å². The van der Waals surface area contributed by atoms with Crippen LogP contribution in [0.3, 0.4) is 0 Å². The summed E-state index contributed by atoms with van der Waals surface area (Å²) in [6.45, 7) is 2.48.